The van der Waals surface area contributed by atoms with Crippen LogP contribution in [-0.2, 0) is 4.79 Å². The van der Waals surface area contributed by atoms with Crippen LogP contribution in [-0.4, -0.2) is 21.4 Å². The van der Waals surface area contributed by atoms with Gasteiger partial charge in [0.1, 0.15) is 0 Å². The summed E-state index contributed by atoms with van der Waals surface area (Å²) in [6.07, 6.45) is 3.73. The first-order valence-electron chi connectivity index (χ1n) is 9.24. The third-order valence-electron chi connectivity index (χ3n) is 5.10. The molecule has 2 aromatic rings. The fourth-order valence-corrected chi connectivity index (χ4v) is 6.98. The zero-order valence-electron chi connectivity index (χ0n) is 14.9. The van der Waals surface area contributed by atoms with Crippen molar-refractivity contribution < 1.29 is 26.0 Å². The van der Waals surface area contributed by atoms with E-state index in [9.17, 15) is 9.59 Å². The number of aromatic amines is 1. The first kappa shape index (κ1) is 18.2. The molecule has 1 saturated heterocycles. The number of nitriles is 1. The van der Waals surface area contributed by atoms with Crippen molar-refractivity contribution in [1.82, 2.24) is 10.3 Å². The number of carbonyl (C=O) groups is 1. The molecule has 5 nitrogen and oxygen atoms in total. The molecule has 1 aromatic heterocycles. The second-order valence-corrected chi connectivity index (χ2v) is 10.2. The molecule has 1 aliphatic heterocycles. The number of aromatic nitrogens is 1. The molecule has 1 saturated carbocycles. The quantitative estimate of drug-likeness (QED) is 0.441. The van der Waals surface area contributed by atoms with E-state index in [0.29, 0.717) is 17.9 Å². The van der Waals surface area contributed by atoms with Crippen molar-refractivity contribution in [2.24, 2.45) is 0 Å². The zero-order valence-corrected chi connectivity index (χ0v) is 17.0. The first-order valence-corrected chi connectivity index (χ1v) is 12.0. The molecule has 2 atom stereocenters. The number of rotatable bonds is 6. The van der Waals surface area contributed by atoms with E-state index in [4.69, 9.17) is 5.26 Å². The Balaban J connectivity index is 1.60. The van der Waals surface area contributed by atoms with Crippen LogP contribution in [0.25, 0.3) is 0 Å². The maximum atomic E-state index is 12.5. The number of amides is 1. The molecule has 4 rings (SSSR count). The van der Waals surface area contributed by atoms with Crippen molar-refractivity contribution in [3.05, 3.63) is 69.1 Å². The van der Waals surface area contributed by atoms with Gasteiger partial charge in [0.25, 0.3) is 0 Å². The van der Waals surface area contributed by atoms with Gasteiger partial charge >= 0.3 is 169 Å². The molecule has 1 aliphatic carbocycles. The number of hydrogen-bond donors (Lipinski definition) is 2. The second-order valence-electron chi connectivity index (χ2n) is 7.18. The minimum atomic E-state index is -0.336. The molecule has 140 valence electrons. The van der Waals surface area contributed by atoms with Crippen LogP contribution in [0.15, 0.2) is 41.2 Å². The average molecular weight is 474 g/mol. The summed E-state index contributed by atoms with van der Waals surface area (Å²) in [6, 6.07) is 14.1. The molecule has 2 fully saturated rings. The Labute approximate surface area is 168 Å². The Morgan fingerprint density at radius 1 is 1.11 bits per heavy atom. The number of H-pyrrole nitrogens is 1. The van der Waals surface area contributed by atoms with Gasteiger partial charge in [0.05, 0.1) is 0 Å². The second kappa shape index (κ2) is 7.85. The summed E-state index contributed by atoms with van der Waals surface area (Å²) in [5.74, 6) is 0.570. The molecule has 2 N–H and O–H groups in total. The SMILES string of the molecule is N#Cc1ccc(C([I-]C[C@H]2CCC(=O)N2)c2ccc(C3CC3)c(=O)[nH]2)cc1. The summed E-state index contributed by atoms with van der Waals surface area (Å²) in [5.41, 5.74) is 3.65. The van der Waals surface area contributed by atoms with Gasteiger partial charge in [0, 0.05) is 0 Å². The third kappa shape index (κ3) is 4.24. The predicted molar refractivity (Wildman–Crippen MR) is 98.1 cm³/mol. The number of pyridine rings is 1. The van der Waals surface area contributed by atoms with E-state index in [0.717, 1.165) is 40.5 Å². The fourth-order valence-electron chi connectivity index (χ4n) is 3.43. The van der Waals surface area contributed by atoms with Gasteiger partial charge in [-0.3, -0.25) is 0 Å². The first-order chi connectivity index (χ1) is 13.1. The number of halogens is 1. The van der Waals surface area contributed by atoms with Crippen LogP contribution < -0.4 is 32.1 Å². The number of benzene rings is 1. The third-order valence-corrected chi connectivity index (χ3v) is 8.94. The Morgan fingerprint density at radius 2 is 1.89 bits per heavy atom. The van der Waals surface area contributed by atoms with Crippen molar-refractivity contribution in [3.8, 4) is 6.07 Å². The normalized spacial score (nSPS) is 20.3. The Bertz CT molecular complexity index is 941. The molecule has 2 aliphatic rings. The number of alkyl halides is 2. The van der Waals surface area contributed by atoms with Crippen LogP contribution in [0.1, 0.15) is 57.9 Å². The van der Waals surface area contributed by atoms with Gasteiger partial charge in [0.2, 0.25) is 0 Å². The number of nitrogens with zero attached hydrogens (tertiary/aromatic N) is 1. The molecular formula is C21H21IN3O2-. The molecule has 1 aromatic carbocycles. The predicted octanol–water partition coefficient (Wildman–Crippen LogP) is -0.419. The number of carbonyl (C=O) groups excluding carboxylic acids is 1. The monoisotopic (exact) mass is 474 g/mol. The molecule has 0 radical (unpaired) electrons. The van der Waals surface area contributed by atoms with Crippen LogP contribution in [0.4, 0.5) is 0 Å². The van der Waals surface area contributed by atoms with E-state index in [-0.39, 0.29) is 42.6 Å². The van der Waals surface area contributed by atoms with Gasteiger partial charge in [-0.15, -0.1) is 0 Å². The molecule has 27 heavy (non-hydrogen) atoms. The zero-order chi connectivity index (χ0) is 18.8. The Hall–Kier alpha value is -2.14. The summed E-state index contributed by atoms with van der Waals surface area (Å²) >= 11 is -0.336. The summed E-state index contributed by atoms with van der Waals surface area (Å²) in [7, 11) is 0. The molecular weight excluding hydrogens is 453 g/mol. The van der Waals surface area contributed by atoms with Gasteiger partial charge in [-0.25, -0.2) is 0 Å². The van der Waals surface area contributed by atoms with E-state index >= 15 is 0 Å². The summed E-state index contributed by atoms with van der Waals surface area (Å²) in [6.45, 7) is 0. The molecule has 0 spiro atoms. The van der Waals surface area contributed by atoms with Gasteiger partial charge in [0.15, 0.2) is 0 Å². The van der Waals surface area contributed by atoms with E-state index in [1.807, 2.05) is 30.3 Å². The molecule has 1 unspecified atom stereocenters. The Kier molecular flexibility index (Phi) is 5.30. The van der Waals surface area contributed by atoms with E-state index in [1.165, 1.54) is 0 Å². The Morgan fingerprint density at radius 3 is 2.48 bits per heavy atom. The fraction of sp³-hybridized carbons (Fsp3) is 0.381. The van der Waals surface area contributed by atoms with E-state index < -0.39 is 0 Å². The van der Waals surface area contributed by atoms with Crippen molar-refractivity contribution in [2.45, 2.75) is 41.6 Å². The summed E-state index contributed by atoms with van der Waals surface area (Å²) in [4.78, 5) is 27.1. The molecule has 2 heterocycles. The van der Waals surface area contributed by atoms with Crippen LogP contribution in [0.2, 0.25) is 0 Å². The standard InChI is InChI=1S/C21H21IN3O2/c23-12-13-1-3-15(4-2-13)20(22-11-16-7-10-19(26)24-16)18-9-8-17(14-5-6-14)21(27)25-18/h1-4,8-9,14,16,20H,5-7,10-11H2,(H,24,26)(H,25,27)/q-1/t16-,20?/m1/s1. The number of hydrogen-bond acceptors (Lipinski definition) is 3. The maximum absolute atomic E-state index is 12.5. The van der Waals surface area contributed by atoms with E-state index in [1.54, 1.807) is 0 Å². The van der Waals surface area contributed by atoms with Gasteiger partial charge in [-0.05, 0) is 0 Å². The van der Waals surface area contributed by atoms with Crippen molar-refractivity contribution in [3.63, 3.8) is 0 Å². The van der Waals surface area contributed by atoms with Crippen LogP contribution in [0.5, 0.6) is 0 Å². The van der Waals surface area contributed by atoms with Crippen LogP contribution >= 0.6 is 0 Å². The summed E-state index contributed by atoms with van der Waals surface area (Å²) in [5, 5.41) is 12.1. The molecule has 0 bridgehead atoms. The molecule has 6 heteroatoms. The van der Waals surface area contributed by atoms with Crippen LogP contribution in [0.3, 0.4) is 0 Å². The number of nitrogens with one attached hydrogen (secondary N) is 2. The average Bonchev–Trinajstić information content (AvgIpc) is 3.44. The van der Waals surface area contributed by atoms with Crippen molar-refractivity contribution in [2.75, 3.05) is 4.43 Å². The van der Waals surface area contributed by atoms with Crippen molar-refractivity contribution >= 4 is 5.91 Å². The topological polar surface area (TPSA) is 85.8 Å². The minimum absolute atomic E-state index is 0.0341. The van der Waals surface area contributed by atoms with Crippen LogP contribution in [0, 0.1) is 11.3 Å². The van der Waals surface area contributed by atoms with Crippen molar-refractivity contribution in [1.29, 1.82) is 5.26 Å². The van der Waals surface area contributed by atoms with Gasteiger partial charge in [-0.1, -0.05) is 0 Å². The molecule has 1 amide bonds. The van der Waals surface area contributed by atoms with Gasteiger partial charge < -0.3 is 0 Å². The van der Waals surface area contributed by atoms with Gasteiger partial charge in [-0.2, -0.15) is 0 Å². The summed E-state index contributed by atoms with van der Waals surface area (Å²) < 4.78 is 1.12. The van der Waals surface area contributed by atoms with E-state index in [2.05, 4.69) is 22.4 Å².